The van der Waals surface area contributed by atoms with Crippen LogP contribution in [0.2, 0.25) is 0 Å². The van der Waals surface area contributed by atoms with E-state index >= 15 is 0 Å². The molecular weight excluding hydrogens is 216 g/mol. The first-order chi connectivity index (χ1) is 8.36. The summed E-state index contributed by atoms with van der Waals surface area (Å²) in [6.45, 7) is 2.71. The number of imidazole rings is 1. The van der Waals surface area contributed by atoms with E-state index in [1.54, 1.807) is 6.20 Å². The van der Waals surface area contributed by atoms with Crippen molar-refractivity contribution in [3.63, 3.8) is 0 Å². The van der Waals surface area contributed by atoms with Gasteiger partial charge in [-0.3, -0.25) is 0 Å². The summed E-state index contributed by atoms with van der Waals surface area (Å²) in [4.78, 5) is 10.9. The Morgan fingerprint density at radius 1 is 1.24 bits per heavy atom. The van der Waals surface area contributed by atoms with E-state index in [1.165, 1.54) is 0 Å². The zero-order chi connectivity index (χ0) is 11.7. The molecule has 1 aliphatic rings. The van der Waals surface area contributed by atoms with Gasteiger partial charge < -0.3 is 14.6 Å². The Morgan fingerprint density at radius 2 is 2.18 bits per heavy atom. The summed E-state index contributed by atoms with van der Waals surface area (Å²) in [7, 11) is 0. The fraction of sp³-hybridized carbons (Fsp3) is 0.333. The fourth-order valence-corrected chi connectivity index (χ4v) is 2.07. The molecule has 2 aromatic rings. The Hall–Kier alpha value is -1.88. The van der Waals surface area contributed by atoms with Crippen molar-refractivity contribution in [1.82, 2.24) is 14.5 Å². The van der Waals surface area contributed by atoms with Gasteiger partial charge in [0.25, 0.3) is 0 Å². The Kier molecular flexibility index (Phi) is 2.53. The van der Waals surface area contributed by atoms with Crippen LogP contribution in [0.3, 0.4) is 0 Å². The van der Waals surface area contributed by atoms with Crippen molar-refractivity contribution < 1.29 is 5.11 Å². The van der Waals surface area contributed by atoms with E-state index < -0.39 is 0 Å². The summed E-state index contributed by atoms with van der Waals surface area (Å²) >= 11 is 0. The maximum absolute atomic E-state index is 8.97. The summed E-state index contributed by atoms with van der Waals surface area (Å²) in [6, 6.07) is 3.85. The first-order valence-corrected chi connectivity index (χ1v) is 5.67. The summed E-state index contributed by atoms with van der Waals surface area (Å²) in [5.74, 6) is 2.01. The van der Waals surface area contributed by atoms with Crippen LogP contribution in [0.15, 0.2) is 30.7 Å². The second kappa shape index (κ2) is 4.18. The van der Waals surface area contributed by atoms with Gasteiger partial charge in [0.15, 0.2) is 0 Å². The average Bonchev–Trinajstić information content (AvgIpc) is 2.86. The van der Waals surface area contributed by atoms with Gasteiger partial charge in [-0.15, -0.1) is 0 Å². The van der Waals surface area contributed by atoms with E-state index in [4.69, 9.17) is 5.11 Å². The van der Waals surface area contributed by atoms with Crippen molar-refractivity contribution >= 4 is 5.82 Å². The molecule has 3 heterocycles. The first-order valence-electron chi connectivity index (χ1n) is 5.67. The molecular formula is C12H14N4O. The van der Waals surface area contributed by atoms with Gasteiger partial charge in [0, 0.05) is 31.7 Å². The van der Waals surface area contributed by atoms with Gasteiger partial charge in [-0.25, -0.2) is 9.97 Å². The highest BCUT2D eigenvalue weighted by Gasteiger charge is 2.17. The highest BCUT2D eigenvalue weighted by Crippen LogP contribution is 2.18. The van der Waals surface area contributed by atoms with Crippen molar-refractivity contribution in [1.29, 1.82) is 0 Å². The molecule has 0 radical (unpaired) electrons. The lowest BCUT2D eigenvalue weighted by molar-refractivity contribution is 0.281. The highest BCUT2D eigenvalue weighted by molar-refractivity contribution is 5.40. The molecule has 0 spiro atoms. The van der Waals surface area contributed by atoms with Crippen LogP contribution in [-0.2, 0) is 19.7 Å². The molecule has 0 saturated carbocycles. The minimum absolute atomic E-state index is 0.0394. The zero-order valence-electron chi connectivity index (χ0n) is 9.45. The molecule has 0 fully saturated rings. The Bertz CT molecular complexity index is 505. The van der Waals surface area contributed by atoms with Crippen molar-refractivity contribution in [3.8, 4) is 0 Å². The Labute approximate surface area is 99.4 Å². The van der Waals surface area contributed by atoms with Gasteiger partial charge in [-0.1, -0.05) is 6.07 Å². The molecule has 5 heteroatoms. The third-order valence-electron chi connectivity index (χ3n) is 3.06. The maximum atomic E-state index is 8.97. The SMILES string of the molecule is OCc1ccc(N2CCn3ccnc3C2)nc1. The summed E-state index contributed by atoms with van der Waals surface area (Å²) in [5.41, 5.74) is 0.840. The van der Waals surface area contributed by atoms with E-state index in [2.05, 4.69) is 19.4 Å². The number of fused-ring (bicyclic) bond motifs is 1. The van der Waals surface area contributed by atoms with Crippen LogP contribution in [0.1, 0.15) is 11.4 Å². The number of aromatic nitrogens is 3. The predicted octanol–water partition coefficient (Wildman–Crippen LogP) is 0.791. The second-order valence-electron chi connectivity index (χ2n) is 4.14. The zero-order valence-corrected chi connectivity index (χ0v) is 9.45. The van der Waals surface area contributed by atoms with Gasteiger partial charge in [-0.2, -0.15) is 0 Å². The molecule has 88 valence electrons. The predicted molar refractivity (Wildman–Crippen MR) is 63.4 cm³/mol. The maximum Gasteiger partial charge on any atom is 0.128 e. The van der Waals surface area contributed by atoms with Crippen molar-refractivity contribution in [2.24, 2.45) is 0 Å². The van der Waals surface area contributed by atoms with Crippen LogP contribution in [0.4, 0.5) is 5.82 Å². The largest absolute Gasteiger partial charge is 0.392 e. The van der Waals surface area contributed by atoms with Crippen molar-refractivity contribution in [3.05, 3.63) is 42.1 Å². The van der Waals surface area contributed by atoms with Gasteiger partial charge >= 0.3 is 0 Å². The number of nitrogens with zero attached hydrogens (tertiary/aromatic N) is 4. The van der Waals surface area contributed by atoms with E-state index in [-0.39, 0.29) is 6.61 Å². The van der Waals surface area contributed by atoms with E-state index in [0.717, 1.165) is 36.8 Å². The third-order valence-corrected chi connectivity index (χ3v) is 3.06. The molecule has 0 saturated heterocycles. The highest BCUT2D eigenvalue weighted by atomic mass is 16.3. The number of hydrogen-bond donors (Lipinski definition) is 1. The molecule has 2 aromatic heterocycles. The van der Waals surface area contributed by atoms with Crippen LogP contribution in [-0.4, -0.2) is 26.2 Å². The smallest absolute Gasteiger partial charge is 0.128 e. The number of anilines is 1. The third kappa shape index (κ3) is 1.89. The minimum Gasteiger partial charge on any atom is -0.392 e. The Morgan fingerprint density at radius 3 is 2.94 bits per heavy atom. The molecule has 0 amide bonds. The summed E-state index contributed by atoms with van der Waals surface area (Å²) < 4.78 is 2.17. The number of aliphatic hydroxyl groups excluding tert-OH is 1. The molecule has 17 heavy (non-hydrogen) atoms. The summed E-state index contributed by atoms with van der Waals surface area (Å²) in [6.07, 6.45) is 5.56. The van der Waals surface area contributed by atoms with Gasteiger partial charge in [0.1, 0.15) is 11.6 Å². The number of hydrogen-bond acceptors (Lipinski definition) is 4. The van der Waals surface area contributed by atoms with E-state index in [1.807, 2.05) is 24.5 Å². The van der Waals surface area contributed by atoms with Crippen LogP contribution < -0.4 is 4.90 Å². The molecule has 0 aliphatic carbocycles. The minimum atomic E-state index is 0.0394. The summed E-state index contributed by atoms with van der Waals surface area (Å²) in [5, 5.41) is 8.97. The number of pyridine rings is 1. The van der Waals surface area contributed by atoms with Gasteiger partial charge in [0.2, 0.25) is 0 Å². The quantitative estimate of drug-likeness (QED) is 0.828. The molecule has 0 bridgehead atoms. The van der Waals surface area contributed by atoms with Crippen LogP contribution in [0, 0.1) is 0 Å². The van der Waals surface area contributed by atoms with Crippen LogP contribution in [0.25, 0.3) is 0 Å². The fourth-order valence-electron chi connectivity index (χ4n) is 2.07. The number of rotatable bonds is 2. The molecule has 1 N–H and O–H groups in total. The average molecular weight is 230 g/mol. The molecule has 0 aromatic carbocycles. The van der Waals surface area contributed by atoms with Crippen molar-refractivity contribution in [2.45, 2.75) is 19.7 Å². The molecule has 0 atom stereocenters. The lowest BCUT2D eigenvalue weighted by Crippen LogP contribution is -2.34. The molecule has 3 rings (SSSR count). The standard InChI is InChI=1S/C12H14N4O/c17-9-10-1-2-11(14-7-10)16-6-5-15-4-3-13-12(15)8-16/h1-4,7,17H,5-6,8-9H2. The van der Waals surface area contributed by atoms with E-state index in [9.17, 15) is 0 Å². The lowest BCUT2D eigenvalue weighted by Gasteiger charge is -2.28. The van der Waals surface area contributed by atoms with Crippen molar-refractivity contribution in [2.75, 3.05) is 11.4 Å². The second-order valence-corrected chi connectivity index (χ2v) is 4.14. The monoisotopic (exact) mass is 230 g/mol. The van der Waals surface area contributed by atoms with Crippen LogP contribution in [0.5, 0.6) is 0 Å². The Balaban J connectivity index is 1.81. The normalized spacial score (nSPS) is 14.8. The molecule has 1 aliphatic heterocycles. The topological polar surface area (TPSA) is 54.2 Å². The van der Waals surface area contributed by atoms with Crippen LogP contribution >= 0.6 is 0 Å². The van der Waals surface area contributed by atoms with E-state index in [0.29, 0.717) is 0 Å². The van der Waals surface area contributed by atoms with Gasteiger partial charge in [-0.05, 0) is 11.6 Å². The molecule has 5 nitrogen and oxygen atoms in total. The lowest BCUT2D eigenvalue weighted by atomic mass is 10.3. The molecule has 0 unspecified atom stereocenters. The number of aliphatic hydroxyl groups is 1. The first kappa shape index (κ1) is 10.3. The van der Waals surface area contributed by atoms with Gasteiger partial charge in [0.05, 0.1) is 13.2 Å².